The first-order valence-electron chi connectivity index (χ1n) is 7.64. The van der Waals surface area contributed by atoms with E-state index < -0.39 is 0 Å². The molecule has 0 spiro atoms. The van der Waals surface area contributed by atoms with Crippen LogP contribution in [0, 0.1) is 0 Å². The number of rotatable bonds is 6. The molecular formula is C14H28N4O2. The molecule has 2 amide bonds. The van der Waals surface area contributed by atoms with Crippen molar-refractivity contribution in [1.82, 2.24) is 9.80 Å². The van der Waals surface area contributed by atoms with Gasteiger partial charge in [-0.2, -0.15) is 0 Å². The van der Waals surface area contributed by atoms with E-state index in [1.54, 1.807) is 0 Å². The summed E-state index contributed by atoms with van der Waals surface area (Å²) in [4.78, 5) is 25.7. The fourth-order valence-corrected chi connectivity index (χ4v) is 2.45. The van der Waals surface area contributed by atoms with Gasteiger partial charge in [-0.1, -0.05) is 0 Å². The van der Waals surface area contributed by atoms with Crippen molar-refractivity contribution in [1.29, 1.82) is 0 Å². The van der Waals surface area contributed by atoms with E-state index in [1.807, 2.05) is 9.80 Å². The van der Waals surface area contributed by atoms with Gasteiger partial charge in [-0.15, -0.1) is 0 Å². The number of carbonyl (C=O) groups is 2. The van der Waals surface area contributed by atoms with Gasteiger partial charge in [0.2, 0.25) is 11.8 Å². The van der Waals surface area contributed by atoms with E-state index in [2.05, 4.69) is 0 Å². The Balaban J connectivity index is 0.000000200. The highest BCUT2D eigenvalue weighted by Gasteiger charge is 2.19. The summed E-state index contributed by atoms with van der Waals surface area (Å²) >= 11 is 0. The van der Waals surface area contributed by atoms with Gasteiger partial charge >= 0.3 is 0 Å². The molecule has 2 heterocycles. The molecule has 0 saturated carbocycles. The van der Waals surface area contributed by atoms with Gasteiger partial charge in [0.25, 0.3) is 0 Å². The molecule has 2 saturated heterocycles. The fraction of sp³-hybridized carbons (Fsp3) is 0.857. The molecule has 2 fully saturated rings. The minimum Gasteiger partial charge on any atom is -0.343 e. The topological polar surface area (TPSA) is 92.7 Å². The number of carbonyl (C=O) groups excluding carboxylic acids is 2. The number of hydrogen-bond donors (Lipinski definition) is 2. The summed E-state index contributed by atoms with van der Waals surface area (Å²) in [6, 6.07) is 0. The molecule has 2 aliphatic rings. The van der Waals surface area contributed by atoms with Crippen molar-refractivity contribution in [3.05, 3.63) is 0 Å². The van der Waals surface area contributed by atoms with Gasteiger partial charge in [0.15, 0.2) is 0 Å². The predicted molar refractivity (Wildman–Crippen MR) is 79.0 cm³/mol. The van der Waals surface area contributed by atoms with E-state index >= 15 is 0 Å². The monoisotopic (exact) mass is 284 g/mol. The number of amides is 2. The van der Waals surface area contributed by atoms with E-state index in [1.165, 1.54) is 0 Å². The Kier molecular flexibility index (Phi) is 8.22. The Morgan fingerprint density at radius 1 is 0.800 bits per heavy atom. The van der Waals surface area contributed by atoms with E-state index in [-0.39, 0.29) is 0 Å². The molecule has 20 heavy (non-hydrogen) atoms. The molecule has 0 unspecified atom stereocenters. The molecule has 0 aromatic carbocycles. The average Bonchev–Trinajstić information content (AvgIpc) is 3.04. The van der Waals surface area contributed by atoms with Crippen molar-refractivity contribution < 1.29 is 9.59 Å². The Labute approximate surface area is 121 Å². The number of nitrogens with zero attached hydrogens (tertiary/aromatic N) is 2. The first-order valence-corrected chi connectivity index (χ1v) is 7.64. The van der Waals surface area contributed by atoms with Crippen LogP contribution in [0.4, 0.5) is 0 Å². The second-order valence-corrected chi connectivity index (χ2v) is 5.25. The summed E-state index contributed by atoms with van der Waals surface area (Å²) in [5.74, 6) is 0.599. The van der Waals surface area contributed by atoms with Gasteiger partial charge < -0.3 is 21.3 Å². The largest absolute Gasteiger partial charge is 0.343 e. The van der Waals surface area contributed by atoms with E-state index in [9.17, 15) is 9.59 Å². The average molecular weight is 284 g/mol. The minimum absolute atomic E-state index is 0.299. The summed E-state index contributed by atoms with van der Waals surface area (Å²) in [5, 5.41) is 0. The van der Waals surface area contributed by atoms with Crippen LogP contribution < -0.4 is 11.5 Å². The smallest absolute Gasteiger partial charge is 0.222 e. The third-order valence-electron chi connectivity index (χ3n) is 3.61. The van der Waals surface area contributed by atoms with Crippen molar-refractivity contribution in [3.8, 4) is 0 Å². The SMILES string of the molecule is NCCCN1CCCC1=O.NCCCN1CCCC1=O. The minimum atomic E-state index is 0.299. The van der Waals surface area contributed by atoms with Crippen molar-refractivity contribution in [2.45, 2.75) is 38.5 Å². The summed E-state index contributed by atoms with van der Waals surface area (Å²) in [6.07, 6.45) is 5.42. The van der Waals surface area contributed by atoms with E-state index in [0.717, 1.165) is 64.7 Å². The van der Waals surface area contributed by atoms with Crippen LogP contribution >= 0.6 is 0 Å². The molecule has 6 nitrogen and oxygen atoms in total. The molecule has 0 atom stereocenters. The number of likely N-dealkylation sites (tertiary alicyclic amines) is 2. The second-order valence-electron chi connectivity index (χ2n) is 5.25. The van der Waals surface area contributed by atoms with Gasteiger partial charge in [0.05, 0.1) is 0 Å². The lowest BCUT2D eigenvalue weighted by molar-refractivity contribution is -0.128. The molecule has 2 rings (SSSR count). The Morgan fingerprint density at radius 2 is 1.20 bits per heavy atom. The van der Waals surface area contributed by atoms with Gasteiger partial charge in [-0.25, -0.2) is 0 Å². The lowest BCUT2D eigenvalue weighted by Crippen LogP contribution is -2.27. The maximum Gasteiger partial charge on any atom is 0.222 e. The molecule has 0 aliphatic carbocycles. The summed E-state index contributed by atoms with van der Waals surface area (Å²) in [6.45, 7) is 4.97. The van der Waals surface area contributed by atoms with E-state index in [4.69, 9.17) is 11.5 Å². The van der Waals surface area contributed by atoms with Crippen molar-refractivity contribution in [3.63, 3.8) is 0 Å². The van der Waals surface area contributed by atoms with Crippen LogP contribution in [0.25, 0.3) is 0 Å². The van der Waals surface area contributed by atoms with Gasteiger partial charge in [-0.05, 0) is 38.8 Å². The van der Waals surface area contributed by atoms with Gasteiger partial charge in [-0.3, -0.25) is 9.59 Å². The lowest BCUT2D eigenvalue weighted by atomic mass is 10.4. The molecule has 0 aromatic heterocycles. The third-order valence-corrected chi connectivity index (χ3v) is 3.61. The first kappa shape index (κ1) is 16.9. The maximum absolute atomic E-state index is 11.0. The molecular weight excluding hydrogens is 256 g/mol. The van der Waals surface area contributed by atoms with Gasteiger partial charge in [0.1, 0.15) is 0 Å². The molecule has 0 bridgehead atoms. The summed E-state index contributed by atoms with van der Waals surface area (Å²) in [5.41, 5.74) is 10.6. The molecule has 0 radical (unpaired) electrons. The van der Waals surface area contributed by atoms with Crippen LogP contribution in [0.5, 0.6) is 0 Å². The predicted octanol–water partition coefficient (Wildman–Crippen LogP) is -0.0848. The summed E-state index contributed by atoms with van der Waals surface area (Å²) < 4.78 is 0. The van der Waals surface area contributed by atoms with Gasteiger partial charge in [0, 0.05) is 39.0 Å². The number of nitrogens with two attached hydrogens (primary N) is 2. The Hall–Kier alpha value is -1.14. The van der Waals surface area contributed by atoms with E-state index in [0.29, 0.717) is 24.9 Å². The molecule has 116 valence electrons. The van der Waals surface area contributed by atoms with Crippen molar-refractivity contribution >= 4 is 11.8 Å². The van der Waals surface area contributed by atoms with Crippen LogP contribution in [-0.2, 0) is 9.59 Å². The highest BCUT2D eigenvalue weighted by molar-refractivity contribution is 5.78. The van der Waals surface area contributed by atoms with Crippen LogP contribution in [0.3, 0.4) is 0 Å². The molecule has 0 aromatic rings. The normalized spacial score (nSPS) is 18.5. The van der Waals surface area contributed by atoms with Crippen molar-refractivity contribution in [2.24, 2.45) is 11.5 Å². The molecule has 6 heteroatoms. The zero-order valence-corrected chi connectivity index (χ0v) is 12.4. The Morgan fingerprint density at radius 3 is 1.45 bits per heavy atom. The van der Waals surface area contributed by atoms with Crippen LogP contribution in [0.15, 0.2) is 0 Å². The highest BCUT2D eigenvalue weighted by atomic mass is 16.2. The van der Waals surface area contributed by atoms with Crippen LogP contribution in [0.1, 0.15) is 38.5 Å². The molecule has 2 aliphatic heterocycles. The maximum atomic E-state index is 11.0. The highest BCUT2D eigenvalue weighted by Crippen LogP contribution is 2.09. The van der Waals surface area contributed by atoms with Crippen LogP contribution in [0.2, 0.25) is 0 Å². The van der Waals surface area contributed by atoms with Crippen molar-refractivity contribution in [2.75, 3.05) is 39.3 Å². The standard InChI is InChI=1S/2C7H14N2O/c2*8-4-2-6-9-5-1-3-7(9)10/h2*1-6,8H2. The second kappa shape index (κ2) is 9.72. The quantitative estimate of drug-likeness (QED) is 0.713. The number of hydrogen-bond acceptors (Lipinski definition) is 4. The van der Waals surface area contributed by atoms with Crippen LogP contribution in [-0.4, -0.2) is 60.9 Å². The summed E-state index contributed by atoms with van der Waals surface area (Å²) in [7, 11) is 0. The molecule has 4 N–H and O–H groups in total. The Bertz CT molecular complexity index is 280. The zero-order valence-electron chi connectivity index (χ0n) is 12.4. The zero-order chi connectivity index (χ0) is 14.8. The fourth-order valence-electron chi connectivity index (χ4n) is 2.45. The third kappa shape index (κ3) is 5.88. The first-order chi connectivity index (χ1) is 9.69. The lowest BCUT2D eigenvalue weighted by Gasteiger charge is -2.13.